The number of hydrogen-bond acceptors (Lipinski definition) is 6. The third-order valence-corrected chi connectivity index (χ3v) is 3.66. The largest absolute Gasteiger partial charge is 0.499 e. The molecule has 0 aromatic rings. The lowest BCUT2D eigenvalue weighted by Gasteiger charge is -2.14. The minimum atomic E-state index is -5.13. The summed E-state index contributed by atoms with van der Waals surface area (Å²) in [7, 11) is -8.78. The molecule has 0 aromatic carbocycles. The highest BCUT2D eigenvalue weighted by molar-refractivity contribution is 7.60. The number of rotatable bonds is 7. The molecule has 1 atom stereocenters. The van der Waals surface area contributed by atoms with Gasteiger partial charge in [0.15, 0.2) is 0 Å². The number of ether oxygens (including phenoxy) is 1. The van der Waals surface area contributed by atoms with Gasteiger partial charge in [-0.25, -0.2) is 9.13 Å². The Hall–Kier alpha value is -0.240. The minimum Gasteiger partial charge on any atom is -0.499 e. The van der Waals surface area contributed by atoms with E-state index in [1.165, 1.54) is 14.0 Å². The van der Waals surface area contributed by atoms with Crippen molar-refractivity contribution in [3.63, 3.8) is 0 Å². The molecule has 0 amide bonds. The number of methoxy groups -OCH3 is 1. The van der Waals surface area contributed by atoms with Crippen LogP contribution in [0, 0.1) is 0 Å². The molecule has 0 aromatic heterocycles. The summed E-state index contributed by atoms with van der Waals surface area (Å²) in [6.07, 6.45) is 0. The van der Waals surface area contributed by atoms with Crippen molar-refractivity contribution in [1.29, 1.82) is 0 Å². The predicted octanol–water partition coefficient (Wildman–Crippen LogP) is 0.125. The SMILES string of the molecule is COC(COP(=O)(O)OP(=O)(O)O)=C(C)CO. The summed E-state index contributed by atoms with van der Waals surface area (Å²) in [5, 5.41) is 8.77. The van der Waals surface area contributed by atoms with Gasteiger partial charge in [0, 0.05) is 0 Å². The lowest BCUT2D eigenvalue weighted by Crippen LogP contribution is -2.04. The van der Waals surface area contributed by atoms with Gasteiger partial charge in [0.25, 0.3) is 0 Å². The first kappa shape index (κ1) is 16.8. The van der Waals surface area contributed by atoms with Crippen molar-refractivity contribution >= 4 is 15.6 Å². The Kier molecular flexibility index (Phi) is 6.53. The lowest BCUT2D eigenvalue weighted by atomic mass is 10.3. The monoisotopic (exact) mass is 292 g/mol. The van der Waals surface area contributed by atoms with E-state index in [4.69, 9.17) is 24.5 Å². The summed E-state index contributed by atoms with van der Waals surface area (Å²) in [6.45, 7) is 0.548. The lowest BCUT2D eigenvalue weighted by molar-refractivity contribution is 0.155. The average Bonchev–Trinajstić information content (AvgIpc) is 2.14. The Morgan fingerprint density at radius 1 is 1.24 bits per heavy atom. The zero-order chi connectivity index (χ0) is 13.7. The fourth-order valence-electron chi connectivity index (χ4n) is 0.743. The van der Waals surface area contributed by atoms with E-state index >= 15 is 0 Å². The zero-order valence-corrected chi connectivity index (χ0v) is 10.9. The van der Waals surface area contributed by atoms with E-state index in [1.807, 2.05) is 0 Å². The highest BCUT2D eigenvalue weighted by atomic mass is 31.3. The van der Waals surface area contributed by atoms with E-state index < -0.39 is 22.3 Å². The van der Waals surface area contributed by atoms with Gasteiger partial charge in [0.2, 0.25) is 0 Å². The molecule has 0 rings (SSSR count). The fourth-order valence-corrected chi connectivity index (χ4v) is 2.29. The van der Waals surface area contributed by atoms with Crippen molar-refractivity contribution in [1.82, 2.24) is 0 Å². The summed E-state index contributed by atoms with van der Waals surface area (Å²) in [5.74, 6) is 0.0519. The number of aliphatic hydroxyl groups is 1. The topological polar surface area (TPSA) is 143 Å². The fraction of sp³-hybridized carbons (Fsp3) is 0.667. The van der Waals surface area contributed by atoms with Gasteiger partial charge in [-0.15, -0.1) is 0 Å². The molecule has 9 nitrogen and oxygen atoms in total. The molecule has 0 radical (unpaired) electrons. The van der Waals surface area contributed by atoms with E-state index in [0.717, 1.165) is 0 Å². The van der Waals surface area contributed by atoms with E-state index in [1.54, 1.807) is 0 Å². The molecule has 0 spiro atoms. The van der Waals surface area contributed by atoms with Crippen LogP contribution in [-0.4, -0.2) is 40.1 Å². The Bertz CT molecular complexity index is 370. The van der Waals surface area contributed by atoms with Crippen molar-refractivity contribution in [2.24, 2.45) is 0 Å². The van der Waals surface area contributed by atoms with E-state index in [9.17, 15) is 9.13 Å². The van der Waals surface area contributed by atoms with Crippen LogP contribution in [0.1, 0.15) is 6.92 Å². The van der Waals surface area contributed by atoms with Crippen molar-refractivity contribution in [2.75, 3.05) is 20.3 Å². The van der Waals surface area contributed by atoms with Gasteiger partial charge in [-0.2, -0.15) is 4.31 Å². The molecule has 0 aliphatic rings. The van der Waals surface area contributed by atoms with Gasteiger partial charge in [0.1, 0.15) is 12.4 Å². The molecule has 4 N–H and O–H groups in total. The normalized spacial score (nSPS) is 17.3. The molecule has 0 saturated heterocycles. The van der Waals surface area contributed by atoms with E-state index in [2.05, 4.69) is 8.83 Å². The molecular weight excluding hydrogens is 278 g/mol. The maximum Gasteiger partial charge on any atom is 0.481 e. The van der Waals surface area contributed by atoms with Crippen LogP contribution in [-0.2, 0) is 22.7 Å². The van der Waals surface area contributed by atoms with Crippen LogP contribution < -0.4 is 0 Å². The van der Waals surface area contributed by atoms with Crippen LogP contribution in [0.25, 0.3) is 0 Å². The van der Waals surface area contributed by atoms with E-state index in [0.29, 0.717) is 5.57 Å². The number of hydrogen-bond donors (Lipinski definition) is 4. The summed E-state index contributed by atoms with van der Waals surface area (Å²) in [4.78, 5) is 25.6. The van der Waals surface area contributed by atoms with Gasteiger partial charge in [0.05, 0.1) is 13.7 Å². The van der Waals surface area contributed by atoms with Crippen molar-refractivity contribution in [3.8, 4) is 0 Å². The highest BCUT2D eigenvalue weighted by Crippen LogP contribution is 2.57. The standard InChI is InChI=1S/C6H14O9P2/c1-5(3-7)6(13-2)4-14-17(11,12)15-16(8,9)10/h7H,3-4H2,1-2H3,(H,11,12)(H2,8,9,10). The Morgan fingerprint density at radius 2 is 1.76 bits per heavy atom. The molecule has 0 aliphatic carbocycles. The molecule has 0 heterocycles. The number of phosphoric acid groups is 2. The van der Waals surface area contributed by atoms with Crippen molar-refractivity contribution in [3.05, 3.63) is 11.3 Å². The second-order valence-corrected chi connectivity index (χ2v) is 5.71. The third kappa shape index (κ3) is 7.64. The van der Waals surface area contributed by atoms with Gasteiger partial charge in [-0.3, -0.25) is 4.52 Å². The Labute approximate surface area is 97.5 Å². The Morgan fingerprint density at radius 3 is 2.12 bits per heavy atom. The van der Waals surface area contributed by atoms with Crippen LogP contribution in [0.15, 0.2) is 11.3 Å². The first-order chi connectivity index (χ1) is 7.61. The Balaban J connectivity index is 4.56. The van der Waals surface area contributed by atoms with Crippen LogP contribution in [0.2, 0.25) is 0 Å². The molecule has 17 heavy (non-hydrogen) atoms. The van der Waals surface area contributed by atoms with Gasteiger partial charge in [-0.1, -0.05) is 0 Å². The van der Waals surface area contributed by atoms with Crippen LogP contribution >= 0.6 is 15.6 Å². The number of phosphoric ester groups is 1. The summed E-state index contributed by atoms with van der Waals surface area (Å²) in [6, 6.07) is 0. The van der Waals surface area contributed by atoms with Crippen LogP contribution in [0.5, 0.6) is 0 Å². The van der Waals surface area contributed by atoms with Gasteiger partial charge < -0.3 is 24.5 Å². The zero-order valence-electron chi connectivity index (χ0n) is 9.14. The van der Waals surface area contributed by atoms with Gasteiger partial charge in [-0.05, 0) is 12.5 Å². The maximum atomic E-state index is 11.0. The molecule has 0 aliphatic heterocycles. The number of aliphatic hydroxyl groups excluding tert-OH is 1. The maximum absolute atomic E-state index is 11.0. The van der Waals surface area contributed by atoms with Crippen molar-refractivity contribution < 1.29 is 42.5 Å². The quantitative estimate of drug-likeness (QED) is 0.380. The molecule has 0 saturated carbocycles. The van der Waals surface area contributed by atoms with Gasteiger partial charge >= 0.3 is 15.6 Å². The second-order valence-electron chi connectivity index (χ2n) is 2.88. The molecule has 102 valence electrons. The summed E-state index contributed by atoms with van der Waals surface area (Å²) < 4.78 is 33.9. The van der Waals surface area contributed by atoms with Crippen LogP contribution in [0.4, 0.5) is 0 Å². The third-order valence-electron chi connectivity index (χ3n) is 1.53. The first-order valence-corrected chi connectivity index (χ1v) is 7.21. The first-order valence-electron chi connectivity index (χ1n) is 4.19. The smallest absolute Gasteiger partial charge is 0.481 e. The minimum absolute atomic E-state index is 0.0519. The molecular formula is C6H14O9P2. The molecule has 11 heteroatoms. The van der Waals surface area contributed by atoms with E-state index in [-0.39, 0.29) is 12.4 Å². The average molecular weight is 292 g/mol. The predicted molar refractivity (Wildman–Crippen MR) is 55.7 cm³/mol. The van der Waals surface area contributed by atoms with Crippen molar-refractivity contribution in [2.45, 2.75) is 6.92 Å². The second kappa shape index (κ2) is 6.63. The molecule has 1 unspecified atom stereocenters. The molecule has 0 fully saturated rings. The highest BCUT2D eigenvalue weighted by Gasteiger charge is 2.32. The summed E-state index contributed by atoms with van der Waals surface area (Å²) in [5.41, 5.74) is 0.337. The van der Waals surface area contributed by atoms with Crippen LogP contribution in [0.3, 0.4) is 0 Å². The summed E-state index contributed by atoms with van der Waals surface area (Å²) >= 11 is 0. The molecule has 0 bridgehead atoms.